The Morgan fingerprint density at radius 1 is 0.872 bits per heavy atom. The number of urea groups is 1. The Hall–Kier alpha value is -2.38. The van der Waals surface area contributed by atoms with Gasteiger partial charge in [0.25, 0.3) is 5.91 Å². The van der Waals surface area contributed by atoms with E-state index in [-0.39, 0.29) is 17.4 Å². The number of rotatable bonds is 12. The number of hydrogen-bond donors (Lipinski definition) is 7. The van der Waals surface area contributed by atoms with Crippen molar-refractivity contribution in [2.24, 2.45) is 22.5 Å². The zero-order valence-electron chi connectivity index (χ0n) is 31.5. The van der Waals surface area contributed by atoms with Gasteiger partial charge in [-0.2, -0.15) is 0 Å². The lowest BCUT2D eigenvalue weighted by Gasteiger charge is -2.37. The molecule has 1 saturated heterocycles. The molecule has 1 heterocycles. The highest BCUT2D eigenvalue weighted by Gasteiger charge is 2.42. The number of ketones is 1. The number of likely N-dealkylation sites (tertiary alicyclic amines) is 1. The van der Waals surface area contributed by atoms with E-state index >= 15 is 0 Å². The van der Waals surface area contributed by atoms with E-state index in [0.717, 1.165) is 5.92 Å². The normalized spacial score (nSPS) is 17.8. The molecule has 47 heavy (non-hydrogen) atoms. The molecule has 1 saturated carbocycles. The minimum absolute atomic E-state index is 0.224. The fourth-order valence-corrected chi connectivity index (χ4v) is 4.73. The zero-order chi connectivity index (χ0) is 37.0. The van der Waals surface area contributed by atoms with Gasteiger partial charge in [-0.05, 0) is 36.5 Å². The van der Waals surface area contributed by atoms with Crippen molar-refractivity contribution in [1.29, 1.82) is 0 Å². The maximum absolute atomic E-state index is 13.6. The van der Waals surface area contributed by atoms with Crippen molar-refractivity contribution in [2.75, 3.05) is 26.2 Å². The van der Waals surface area contributed by atoms with E-state index in [0.29, 0.717) is 39.0 Å². The largest absolute Gasteiger partial charge is 0.363 e. The Balaban J connectivity index is 0. The highest BCUT2D eigenvalue weighted by atomic mass is 32.1. The molecule has 1 aliphatic heterocycles. The van der Waals surface area contributed by atoms with Gasteiger partial charge in [0.1, 0.15) is 12.1 Å². The van der Waals surface area contributed by atoms with E-state index in [4.69, 9.17) is 5.73 Å². The first-order valence-corrected chi connectivity index (χ1v) is 17.9. The minimum atomic E-state index is -1.14. The van der Waals surface area contributed by atoms with Crippen LogP contribution in [0.5, 0.6) is 0 Å². The molecule has 0 aromatic heterocycles. The number of carbonyl (C=O) groups is 5. The number of nitrogens with two attached hydrogens (primary N) is 1. The van der Waals surface area contributed by atoms with Crippen LogP contribution in [0.3, 0.4) is 0 Å². The van der Waals surface area contributed by atoms with Crippen LogP contribution in [0.2, 0.25) is 0 Å². The number of thiol groups is 1. The summed E-state index contributed by atoms with van der Waals surface area (Å²) in [7, 11) is 0. The summed E-state index contributed by atoms with van der Waals surface area (Å²) in [5, 5.41) is 11.6. The summed E-state index contributed by atoms with van der Waals surface area (Å²) in [6, 6.07) is -3.54. The molecule has 7 N–H and O–H groups in total. The van der Waals surface area contributed by atoms with E-state index < -0.39 is 47.2 Å². The SMILES string of the molecule is CC.CC(NC(=O)C1CCCN1C(=O)C(NC(=O)NC(CNCCNS)C(C)(C)C)C(C)(C)C)C(=O)C(N)=O.CC1CCC1.CCC. The van der Waals surface area contributed by atoms with Gasteiger partial charge in [0, 0.05) is 32.2 Å². The van der Waals surface area contributed by atoms with Crippen molar-refractivity contribution in [3.8, 4) is 0 Å². The molecule has 4 atom stereocenters. The van der Waals surface area contributed by atoms with Crippen LogP contribution in [0.15, 0.2) is 0 Å². The van der Waals surface area contributed by atoms with Crippen molar-refractivity contribution in [3.63, 3.8) is 0 Å². The van der Waals surface area contributed by atoms with Crippen LogP contribution in [0.25, 0.3) is 0 Å². The highest BCUT2D eigenvalue weighted by molar-refractivity contribution is 7.78. The van der Waals surface area contributed by atoms with Gasteiger partial charge in [-0.15, -0.1) is 0 Å². The van der Waals surface area contributed by atoms with E-state index in [1.54, 1.807) is 0 Å². The Bertz CT molecular complexity index is 948. The molecule has 12 nitrogen and oxygen atoms in total. The second-order valence-corrected chi connectivity index (χ2v) is 14.7. The Morgan fingerprint density at radius 2 is 1.40 bits per heavy atom. The lowest BCUT2D eigenvalue weighted by molar-refractivity contribution is -0.143. The molecule has 0 radical (unpaired) electrons. The first-order chi connectivity index (χ1) is 21.8. The molecule has 276 valence electrons. The summed E-state index contributed by atoms with van der Waals surface area (Å²) in [5.74, 6) is -1.92. The van der Waals surface area contributed by atoms with E-state index in [9.17, 15) is 24.0 Å². The average molecular weight is 688 g/mol. The fraction of sp³-hybridized carbons (Fsp3) is 0.853. The first kappa shape index (κ1) is 46.7. The van der Waals surface area contributed by atoms with Gasteiger partial charge in [0.15, 0.2) is 0 Å². The van der Waals surface area contributed by atoms with Crippen molar-refractivity contribution in [2.45, 2.75) is 146 Å². The third-order valence-corrected chi connectivity index (χ3v) is 7.95. The molecular weight excluding hydrogens is 618 g/mol. The third-order valence-electron chi connectivity index (χ3n) is 7.73. The lowest BCUT2D eigenvalue weighted by Crippen LogP contribution is -2.61. The van der Waals surface area contributed by atoms with Gasteiger partial charge in [-0.3, -0.25) is 23.9 Å². The zero-order valence-corrected chi connectivity index (χ0v) is 32.4. The van der Waals surface area contributed by atoms with Gasteiger partial charge in [0.2, 0.25) is 17.6 Å². The second-order valence-electron chi connectivity index (χ2n) is 14.3. The number of Topliss-reactive ketones (excluding diaryl/α,β-unsaturated/α-hetero) is 1. The Morgan fingerprint density at radius 3 is 1.81 bits per heavy atom. The summed E-state index contributed by atoms with van der Waals surface area (Å²) >= 11 is 3.97. The second kappa shape index (κ2) is 23.9. The molecule has 0 bridgehead atoms. The average Bonchev–Trinajstić information content (AvgIpc) is 3.46. The van der Waals surface area contributed by atoms with E-state index in [1.165, 1.54) is 37.5 Å². The van der Waals surface area contributed by atoms with Crippen molar-refractivity contribution >= 4 is 42.4 Å². The fourth-order valence-electron chi connectivity index (χ4n) is 4.61. The maximum atomic E-state index is 13.6. The number of amides is 5. The van der Waals surface area contributed by atoms with Crippen molar-refractivity contribution < 1.29 is 24.0 Å². The molecule has 2 fully saturated rings. The minimum Gasteiger partial charge on any atom is -0.363 e. The van der Waals surface area contributed by atoms with Crippen LogP contribution in [-0.4, -0.2) is 84.8 Å². The summed E-state index contributed by atoms with van der Waals surface area (Å²) in [4.78, 5) is 63.9. The number of hydrogen-bond acceptors (Lipinski definition) is 8. The topological polar surface area (TPSA) is 175 Å². The summed E-state index contributed by atoms with van der Waals surface area (Å²) in [6.45, 7) is 25.7. The first-order valence-electron chi connectivity index (χ1n) is 17.4. The molecule has 5 amide bonds. The van der Waals surface area contributed by atoms with Gasteiger partial charge >= 0.3 is 6.03 Å². The van der Waals surface area contributed by atoms with Crippen LogP contribution in [0.4, 0.5) is 4.79 Å². The smallest absolute Gasteiger partial charge is 0.315 e. The number of nitrogens with one attached hydrogen (secondary N) is 5. The van der Waals surface area contributed by atoms with Gasteiger partial charge in [0.05, 0.1) is 6.04 Å². The van der Waals surface area contributed by atoms with Crippen LogP contribution >= 0.6 is 12.8 Å². The monoisotopic (exact) mass is 688 g/mol. The quantitative estimate of drug-likeness (QED) is 0.0924. The van der Waals surface area contributed by atoms with Gasteiger partial charge in [-0.1, -0.05) is 115 Å². The molecule has 0 aromatic carbocycles. The van der Waals surface area contributed by atoms with Crippen molar-refractivity contribution in [3.05, 3.63) is 0 Å². The van der Waals surface area contributed by atoms with Crippen LogP contribution in [0.1, 0.15) is 122 Å². The van der Waals surface area contributed by atoms with Crippen molar-refractivity contribution in [1.82, 2.24) is 30.9 Å². The standard InChI is InChI=1S/C24H45N7O5S.C5H10.C3H8.C2H6/c1-14(17(32)19(25)33)28-20(34)15-9-8-12-31(15)21(35)18(24(5,6)7)30-22(36)29-16(23(2,3)4)13-26-10-11-27-37;1-5-3-2-4-5;1-3-2;1-2/h14-16,18,26-27,37H,8-13H2,1-7H3,(H2,25,33)(H,28,34)(H2,29,30,36);5H,2-4H2,1H3;3H2,1-2H3;1-2H3. The Kier molecular flexibility index (Phi) is 23.7. The Labute approximate surface area is 291 Å². The number of nitrogens with zero attached hydrogens (tertiary/aromatic N) is 1. The third kappa shape index (κ3) is 18.7. The molecule has 0 aromatic rings. The van der Waals surface area contributed by atoms with Crippen LogP contribution in [0, 0.1) is 16.7 Å². The summed E-state index contributed by atoms with van der Waals surface area (Å²) in [5.41, 5.74) is 4.11. The number of carbonyl (C=O) groups excluding carboxylic acids is 5. The predicted molar refractivity (Wildman–Crippen MR) is 195 cm³/mol. The van der Waals surface area contributed by atoms with Gasteiger partial charge in [-0.25, -0.2) is 4.79 Å². The highest BCUT2D eigenvalue weighted by Crippen LogP contribution is 2.26. The van der Waals surface area contributed by atoms with E-state index in [2.05, 4.69) is 59.6 Å². The molecule has 0 spiro atoms. The van der Waals surface area contributed by atoms with Crippen LogP contribution in [-0.2, 0) is 19.2 Å². The maximum Gasteiger partial charge on any atom is 0.315 e. The van der Waals surface area contributed by atoms with E-state index in [1.807, 2.05) is 55.4 Å². The molecular formula is C34H69N7O5S. The summed E-state index contributed by atoms with van der Waals surface area (Å²) in [6.07, 6.45) is 6.70. The summed E-state index contributed by atoms with van der Waals surface area (Å²) < 4.78 is 2.76. The predicted octanol–water partition coefficient (Wildman–Crippen LogP) is 3.94. The molecule has 2 aliphatic rings. The van der Waals surface area contributed by atoms with Gasteiger partial charge < -0.3 is 31.9 Å². The molecule has 2 rings (SSSR count). The van der Waals surface area contributed by atoms with Crippen LogP contribution < -0.4 is 31.7 Å². The lowest BCUT2D eigenvalue weighted by atomic mass is 9.85. The molecule has 4 unspecified atom stereocenters. The molecule has 13 heteroatoms. The number of primary amides is 1. The molecule has 1 aliphatic carbocycles.